The van der Waals surface area contributed by atoms with Crippen LogP contribution in [-0.4, -0.2) is 31.0 Å². The second-order valence-electron chi connectivity index (χ2n) is 4.09. The molecule has 3 atom stereocenters. The molecule has 0 unspecified atom stereocenters. The normalized spacial score (nSPS) is 28.7. The van der Waals surface area contributed by atoms with Gasteiger partial charge in [0.25, 0.3) is 0 Å². The summed E-state index contributed by atoms with van der Waals surface area (Å²) in [5, 5.41) is 8.18. The van der Waals surface area contributed by atoms with Crippen molar-refractivity contribution in [2.24, 2.45) is 5.92 Å². The Labute approximate surface area is 93.8 Å². The van der Waals surface area contributed by atoms with Crippen molar-refractivity contribution in [3.05, 3.63) is 35.9 Å². The van der Waals surface area contributed by atoms with Gasteiger partial charge in [-0.1, -0.05) is 30.3 Å². The molecule has 16 heavy (non-hydrogen) atoms. The van der Waals surface area contributed by atoms with Crippen molar-refractivity contribution in [3.8, 4) is 0 Å². The zero-order valence-corrected chi connectivity index (χ0v) is 9.52. The van der Waals surface area contributed by atoms with Crippen LogP contribution >= 0.6 is 0 Å². The van der Waals surface area contributed by atoms with E-state index in [4.69, 9.17) is 5.11 Å². The molecular formula is C11H12O4S. The molecule has 5 heteroatoms. The van der Waals surface area contributed by atoms with Crippen LogP contribution in [0.2, 0.25) is 0 Å². The van der Waals surface area contributed by atoms with Crippen LogP contribution in [0.15, 0.2) is 30.3 Å². The topological polar surface area (TPSA) is 71.4 Å². The molecule has 86 valence electrons. The number of carboxylic acid groups (broad SMARTS) is 1. The summed E-state index contributed by atoms with van der Waals surface area (Å²) in [4.78, 5) is 10.9. The lowest BCUT2D eigenvalue weighted by Crippen LogP contribution is -2.10. The number of hydrogen-bond donors (Lipinski definition) is 1. The summed E-state index contributed by atoms with van der Waals surface area (Å²) in [6, 6.07) is 8.92. The first-order valence-corrected chi connectivity index (χ1v) is 6.85. The van der Waals surface area contributed by atoms with Gasteiger partial charge in [-0.3, -0.25) is 4.79 Å². The van der Waals surface area contributed by atoms with Crippen LogP contribution in [0.4, 0.5) is 0 Å². The second-order valence-corrected chi connectivity index (χ2v) is 6.30. The molecule has 1 saturated carbocycles. The van der Waals surface area contributed by atoms with E-state index in [1.54, 1.807) is 24.3 Å². The van der Waals surface area contributed by atoms with Gasteiger partial charge in [-0.25, -0.2) is 8.42 Å². The zero-order chi connectivity index (χ0) is 11.9. The summed E-state index contributed by atoms with van der Waals surface area (Å²) in [6.07, 6.45) is 1.09. The van der Waals surface area contributed by atoms with Gasteiger partial charge in [0.1, 0.15) is 0 Å². The van der Waals surface area contributed by atoms with Gasteiger partial charge in [-0.2, -0.15) is 0 Å². The summed E-state index contributed by atoms with van der Waals surface area (Å²) in [5.41, 5.74) is 0.783. The van der Waals surface area contributed by atoms with E-state index in [1.807, 2.05) is 6.07 Å². The standard InChI is InChI=1S/C11H12O4S/c1-16(14,15)10-8(9(10)11(12)13)7-5-3-2-4-6-7/h2-6,8-10H,1H3,(H,12,13)/t8-,9-,10+/m0/s1. The molecule has 0 spiro atoms. The van der Waals surface area contributed by atoms with Gasteiger partial charge >= 0.3 is 5.97 Å². The predicted molar refractivity (Wildman–Crippen MR) is 58.9 cm³/mol. The lowest BCUT2D eigenvalue weighted by atomic mass is 10.1. The van der Waals surface area contributed by atoms with Gasteiger partial charge < -0.3 is 5.11 Å². The second kappa shape index (κ2) is 3.59. The molecule has 0 radical (unpaired) electrons. The Bertz CT molecular complexity index is 506. The zero-order valence-electron chi connectivity index (χ0n) is 8.70. The maximum absolute atomic E-state index is 11.4. The van der Waals surface area contributed by atoms with E-state index in [1.165, 1.54) is 0 Å². The van der Waals surface area contributed by atoms with Crippen molar-refractivity contribution in [1.29, 1.82) is 0 Å². The average molecular weight is 240 g/mol. The van der Waals surface area contributed by atoms with Gasteiger partial charge in [0.2, 0.25) is 0 Å². The quantitative estimate of drug-likeness (QED) is 0.852. The van der Waals surface area contributed by atoms with Crippen LogP contribution in [-0.2, 0) is 14.6 Å². The van der Waals surface area contributed by atoms with Crippen molar-refractivity contribution in [3.63, 3.8) is 0 Å². The Kier molecular flexibility index (Phi) is 2.50. The van der Waals surface area contributed by atoms with Crippen molar-refractivity contribution in [1.82, 2.24) is 0 Å². The molecule has 1 N–H and O–H groups in total. The highest BCUT2D eigenvalue weighted by molar-refractivity contribution is 7.91. The minimum absolute atomic E-state index is 0.395. The van der Waals surface area contributed by atoms with Crippen LogP contribution in [0.3, 0.4) is 0 Å². The van der Waals surface area contributed by atoms with E-state index in [2.05, 4.69) is 0 Å². The highest BCUT2D eigenvalue weighted by atomic mass is 32.2. The number of benzene rings is 1. The third-order valence-electron chi connectivity index (χ3n) is 2.92. The minimum Gasteiger partial charge on any atom is -0.481 e. The van der Waals surface area contributed by atoms with E-state index in [0.717, 1.165) is 11.8 Å². The summed E-state index contributed by atoms with van der Waals surface area (Å²) in [6.45, 7) is 0. The molecule has 0 bridgehead atoms. The Morgan fingerprint density at radius 1 is 1.25 bits per heavy atom. The first-order chi connectivity index (χ1) is 7.43. The average Bonchev–Trinajstić information content (AvgIpc) is 2.93. The number of sulfone groups is 1. The molecule has 1 aromatic carbocycles. The van der Waals surface area contributed by atoms with Crippen LogP contribution in [0.1, 0.15) is 11.5 Å². The number of carbonyl (C=O) groups is 1. The Morgan fingerprint density at radius 2 is 1.81 bits per heavy atom. The molecule has 1 fully saturated rings. The highest BCUT2D eigenvalue weighted by Gasteiger charge is 2.61. The molecule has 1 aliphatic rings. The lowest BCUT2D eigenvalue weighted by Gasteiger charge is -1.97. The number of hydrogen-bond acceptors (Lipinski definition) is 3. The summed E-state index contributed by atoms with van der Waals surface area (Å²) < 4.78 is 22.9. The van der Waals surface area contributed by atoms with Crippen LogP contribution in [0.25, 0.3) is 0 Å². The molecule has 1 aromatic rings. The van der Waals surface area contributed by atoms with Gasteiger partial charge in [0.15, 0.2) is 9.84 Å². The van der Waals surface area contributed by atoms with Crippen molar-refractivity contribution in [2.45, 2.75) is 11.2 Å². The van der Waals surface area contributed by atoms with Crippen LogP contribution in [0.5, 0.6) is 0 Å². The fourth-order valence-corrected chi connectivity index (χ4v) is 3.77. The molecular weight excluding hydrogens is 228 g/mol. The molecule has 4 nitrogen and oxygen atoms in total. The SMILES string of the molecule is CS(=O)(=O)[C@H]1[C@@H](C(=O)O)[C@@H]1c1ccccc1. The fraction of sp³-hybridized carbons (Fsp3) is 0.364. The summed E-state index contributed by atoms with van der Waals surface area (Å²) >= 11 is 0. The third kappa shape index (κ3) is 1.82. The van der Waals surface area contributed by atoms with E-state index in [0.29, 0.717) is 0 Å². The van der Waals surface area contributed by atoms with Crippen LogP contribution in [0, 0.1) is 5.92 Å². The number of aliphatic carboxylic acids is 1. The predicted octanol–water partition coefficient (Wildman–Crippen LogP) is 0.898. The molecule has 0 saturated heterocycles. The third-order valence-corrected chi connectivity index (χ3v) is 4.49. The maximum atomic E-state index is 11.4. The van der Waals surface area contributed by atoms with E-state index >= 15 is 0 Å². The molecule has 1 aliphatic carbocycles. The van der Waals surface area contributed by atoms with Crippen molar-refractivity contribution in [2.75, 3.05) is 6.26 Å². The van der Waals surface area contributed by atoms with Gasteiger partial charge in [-0.15, -0.1) is 0 Å². The monoisotopic (exact) mass is 240 g/mol. The first-order valence-electron chi connectivity index (χ1n) is 4.89. The largest absolute Gasteiger partial charge is 0.481 e. The molecule has 0 aromatic heterocycles. The Hall–Kier alpha value is -1.36. The minimum atomic E-state index is -3.30. The molecule has 0 amide bonds. The Morgan fingerprint density at radius 3 is 2.19 bits per heavy atom. The smallest absolute Gasteiger partial charge is 0.308 e. The molecule has 0 heterocycles. The highest BCUT2D eigenvalue weighted by Crippen LogP contribution is 2.52. The molecule has 0 aliphatic heterocycles. The van der Waals surface area contributed by atoms with Crippen LogP contribution < -0.4 is 0 Å². The molecule has 2 rings (SSSR count). The fourth-order valence-electron chi connectivity index (χ4n) is 2.18. The van der Waals surface area contributed by atoms with E-state index in [-0.39, 0.29) is 0 Å². The van der Waals surface area contributed by atoms with Gasteiger partial charge in [0.05, 0.1) is 11.2 Å². The van der Waals surface area contributed by atoms with E-state index < -0.39 is 32.9 Å². The van der Waals surface area contributed by atoms with E-state index in [9.17, 15) is 13.2 Å². The summed E-state index contributed by atoms with van der Waals surface area (Å²) in [7, 11) is -3.30. The summed E-state index contributed by atoms with van der Waals surface area (Å²) in [5.74, 6) is -2.23. The van der Waals surface area contributed by atoms with Gasteiger partial charge in [-0.05, 0) is 5.56 Å². The lowest BCUT2D eigenvalue weighted by molar-refractivity contribution is -0.138. The van der Waals surface area contributed by atoms with Gasteiger partial charge in [0, 0.05) is 12.2 Å². The first kappa shape index (κ1) is 11.1. The Balaban J connectivity index is 2.34. The van der Waals surface area contributed by atoms with Crippen molar-refractivity contribution >= 4 is 15.8 Å². The maximum Gasteiger partial charge on any atom is 0.308 e. The number of rotatable bonds is 3. The van der Waals surface area contributed by atoms with Crippen molar-refractivity contribution < 1.29 is 18.3 Å². The number of carboxylic acids is 1.